The molecular formula is C25H25FN2O5S. The maximum Gasteiger partial charge on any atom is 0.255 e. The number of morpholine rings is 1. The molecule has 3 aromatic carbocycles. The van der Waals surface area contributed by atoms with Gasteiger partial charge in [-0.2, -0.15) is 4.31 Å². The highest BCUT2D eigenvalue weighted by molar-refractivity contribution is 7.89. The van der Waals surface area contributed by atoms with Gasteiger partial charge < -0.3 is 14.8 Å². The summed E-state index contributed by atoms with van der Waals surface area (Å²) in [7, 11) is -3.80. The van der Waals surface area contributed by atoms with Gasteiger partial charge in [-0.05, 0) is 68.4 Å². The van der Waals surface area contributed by atoms with Crippen LogP contribution in [0.2, 0.25) is 0 Å². The fourth-order valence-corrected chi connectivity index (χ4v) is 5.16. The van der Waals surface area contributed by atoms with Crippen molar-refractivity contribution in [3.05, 3.63) is 83.2 Å². The lowest BCUT2D eigenvalue weighted by atomic mass is 10.1. The molecule has 4 rings (SSSR count). The van der Waals surface area contributed by atoms with E-state index in [-0.39, 0.29) is 29.4 Å². The first-order valence-corrected chi connectivity index (χ1v) is 12.2. The number of carbonyl (C=O) groups is 1. The zero-order chi connectivity index (χ0) is 24.3. The number of nitrogens with one attached hydrogen (secondary N) is 1. The standard InChI is InChI=1S/C25H25FN2O5S/c1-17-13-18(2)15-19(14-17)25(29)27-23-16-22(34(30,31)28-9-11-32-12-10-28)7-8-24(23)33-21-5-3-20(26)4-6-21/h3-8,13-16H,9-12H2,1-2H3,(H,27,29). The molecule has 1 amide bonds. The van der Waals surface area contributed by atoms with E-state index in [0.29, 0.717) is 24.5 Å². The van der Waals surface area contributed by atoms with E-state index >= 15 is 0 Å². The van der Waals surface area contributed by atoms with Gasteiger partial charge in [0.1, 0.15) is 11.6 Å². The number of aryl methyl sites for hydroxylation is 2. The summed E-state index contributed by atoms with van der Waals surface area (Å²) in [6, 6.07) is 15.1. The van der Waals surface area contributed by atoms with Crippen molar-refractivity contribution in [2.75, 3.05) is 31.6 Å². The van der Waals surface area contributed by atoms with Crippen LogP contribution in [0.5, 0.6) is 11.5 Å². The largest absolute Gasteiger partial charge is 0.455 e. The zero-order valence-electron chi connectivity index (χ0n) is 18.9. The number of ether oxygens (including phenoxy) is 2. The summed E-state index contributed by atoms with van der Waals surface area (Å²) in [5.41, 5.74) is 2.47. The van der Waals surface area contributed by atoms with E-state index in [9.17, 15) is 17.6 Å². The van der Waals surface area contributed by atoms with Crippen LogP contribution in [0, 0.1) is 19.7 Å². The second-order valence-electron chi connectivity index (χ2n) is 8.06. The van der Waals surface area contributed by atoms with Gasteiger partial charge in [0.15, 0.2) is 5.75 Å². The summed E-state index contributed by atoms with van der Waals surface area (Å²) in [5, 5.41) is 2.78. The van der Waals surface area contributed by atoms with Gasteiger partial charge in [0.2, 0.25) is 10.0 Å². The molecule has 0 spiro atoms. The highest BCUT2D eigenvalue weighted by atomic mass is 32.2. The fraction of sp³-hybridized carbons (Fsp3) is 0.240. The molecular weight excluding hydrogens is 459 g/mol. The van der Waals surface area contributed by atoms with Crippen molar-refractivity contribution in [1.29, 1.82) is 0 Å². The van der Waals surface area contributed by atoms with Gasteiger partial charge in [-0.1, -0.05) is 17.2 Å². The van der Waals surface area contributed by atoms with Crippen LogP contribution in [0.25, 0.3) is 0 Å². The Morgan fingerprint density at radius 2 is 1.62 bits per heavy atom. The van der Waals surface area contributed by atoms with Gasteiger partial charge in [-0.25, -0.2) is 12.8 Å². The summed E-state index contributed by atoms with van der Waals surface area (Å²) >= 11 is 0. The highest BCUT2D eigenvalue weighted by Crippen LogP contribution is 2.33. The topological polar surface area (TPSA) is 84.9 Å². The first kappa shape index (κ1) is 23.9. The molecule has 1 heterocycles. The second-order valence-corrected chi connectivity index (χ2v) is 10.00. The monoisotopic (exact) mass is 484 g/mol. The van der Waals surface area contributed by atoms with E-state index in [2.05, 4.69) is 5.32 Å². The van der Waals surface area contributed by atoms with Gasteiger partial charge in [-0.3, -0.25) is 4.79 Å². The Bertz CT molecular complexity index is 1280. The normalized spacial score (nSPS) is 14.6. The molecule has 1 N–H and O–H groups in total. The van der Waals surface area contributed by atoms with Crippen molar-refractivity contribution >= 4 is 21.6 Å². The van der Waals surface area contributed by atoms with Crippen molar-refractivity contribution in [2.45, 2.75) is 18.7 Å². The lowest BCUT2D eigenvalue weighted by molar-refractivity contribution is 0.0730. The molecule has 0 aromatic heterocycles. The molecule has 34 heavy (non-hydrogen) atoms. The van der Waals surface area contributed by atoms with Crippen molar-refractivity contribution in [2.24, 2.45) is 0 Å². The molecule has 0 atom stereocenters. The molecule has 0 radical (unpaired) electrons. The number of sulfonamides is 1. The maximum atomic E-state index is 13.3. The number of nitrogens with zero attached hydrogens (tertiary/aromatic N) is 1. The highest BCUT2D eigenvalue weighted by Gasteiger charge is 2.27. The Morgan fingerprint density at radius 1 is 0.971 bits per heavy atom. The Balaban J connectivity index is 1.70. The van der Waals surface area contributed by atoms with E-state index in [1.54, 1.807) is 12.1 Å². The molecule has 3 aromatic rings. The summed E-state index contributed by atoms with van der Waals surface area (Å²) in [6.07, 6.45) is 0. The summed E-state index contributed by atoms with van der Waals surface area (Å²) in [6.45, 7) is 4.92. The Kier molecular flexibility index (Phi) is 6.97. The minimum absolute atomic E-state index is 0.0246. The molecule has 0 saturated carbocycles. The molecule has 178 valence electrons. The van der Waals surface area contributed by atoms with E-state index in [4.69, 9.17) is 9.47 Å². The minimum Gasteiger partial charge on any atom is -0.455 e. The number of halogens is 1. The molecule has 1 saturated heterocycles. The van der Waals surface area contributed by atoms with E-state index in [0.717, 1.165) is 11.1 Å². The van der Waals surface area contributed by atoms with Gasteiger partial charge in [0.25, 0.3) is 5.91 Å². The first-order valence-electron chi connectivity index (χ1n) is 10.8. The van der Waals surface area contributed by atoms with Gasteiger partial charge in [0.05, 0.1) is 23.8 Å². The van der Waals surface area contributed by atoms with Crippen LogP contribution in [0.1, 0.15) is 21.5 Å². The SMILES string of the molecule is Cc1cc(C)cc(C(=O)Nc2cc(S(=O)(=O)N3CCOCC3)ccc2Oc2ccc(F)cc2)c1. The average Bonchev–Trinajstić information content (AvgIpc) is 2.81. The third-order valence-corrected chi connectivity index (χ3v) is 7.23. The van der Waals surface area contributed by atoms with E-state index in [1.807, 2.05) is 19.9 Å². The third-order valence-electron chi connectivity index (χ3n) is 5.33. The van der Waals surface area contributed by atoms with Crippen LogP contribution in [-0.2, 0) is 14.8 Å². The molecule has 0 bridgehead atoms. The van der Waals surface area contributed by atoms with Gasteiger partial charge in [-0.15, -0.1) is 0 Å². The van der Waals surface area contributed by atoms with E-state index in [1.165, 1.54) is 46.8 Å². The number of hydrogen-bond acceptors (Lipinski definition) is 5. The minimum atomic E-state index is -3.80. The number of amides is 1. The zero-order valence-corrected chi connectivity index (χ0v) is 19.7. The van der Waals surface area contributed by atoms with Crippen LogP contribution >= 0.6 is 0 Å². The predicted octanol–water partition coefficient (Wildman–Crippen LogP) is 4.51. The number of hydrogen-bond donors (Lipinski definition) is 1. The molecule has 0 aliphatic carbocycles. The van der Waals surface area contributed by atoms with Crippen molar-refractivity contribution in [3.8, 4) is 11.5 Å². The molecule has 7 nitrogen and oxygen atoms in total. The van der Waals surface area contributed by atoms with Crippen molar-refractivity contribution in [3.63, 3.8) is 0 Å². The number of anilines is 1. The quantitative estimate of drug-likeness (QED) is 0.557. The molecule has 0 unspecified atom stereocenters. The molecule has 9 heteroatoms. The second kappa shape index (κ2) is 9.92. The lowest BCUT2D eigenvalue weighted by Crippen LogP contribution is -2.40. The summed E-state index contributed by atoms with van der Waals surface area (Å²) in [4.78, 5) is 13.1. The Morgan fingerprint density at radius 3 is 2.26 bits per heavy atom. The van der Waals surface area contributed by atoms with Gasteiger partial charge >= 0.3 is 0 Å². The third kappa shape index (κ3) is 5.44. The lowest BCUT2D eigenvalue weighted by Gasteiger charge is -2.26. The fourth-order valence-electron chi connectivity index (χ4n) is 3.72. The van der Waals surface area contributed by atoms with Crippen LogP contribution in [0.4, 0.5) is 10.1 Å². The Hall–Kier alpha value is -3.27. The van der Waals surface area contributed by atoms with Crippen LogP contribution in [0.3, 0.4) is 0 Å². The first-order chi connectivity index (χ1) is 16.2. The summed E-state index contributed by atoms with van der Waals surface area (Å²) in [5.74, 6) is -0.253. The maximum absolute atomic E-state index is 13.3. The van der Waals surface area contributed by atoms with Crippen LogP contribution in [0.15, 0.2) is 65.6 Å². The van der Waals surface area contributed by atoms with E-state index < -0.39 is 21.7 Å². The predicted molar refractivity (Wildman–Crippen MR) is 126 cm³/mol. The van der Waals surface area contributed by atoms with Crippen molar-refractivity contribution < 1.29 is 27.1 Å². The molecule has 1 fully saturated rings. The van der Waals surface area contributed by atoms with Crippen LogP contribution in [-0.4, -0.2) is 44.9 Å². The van der Waals surface area contributed by atoms with Crippen molar-refractivity contribution in [1.82, 2.24) is 4.31 Å². The average molecular weight is 485 g/mol. The molecule has 1 aliphatic heterocycles. The van der Waals surface area contributed by atoms with Crippen LogP contribution < -0.4 is 10.1 Å². The summed E-state index contributed by atoms with van der Waals surface area (Å²) < 4.78 is 52.1. The Labute approximate surface area is 198 Å². The van der Waals surface area contributed by atoms with Gasteiger partial charge in [0, 0.05) is 18.7 Å². The number of benzene rings is 3. The smallest absolute Gasteiger partial charge is 0.255 e. The number of carbonyl (C=O) groups excluding carboxylic acids is 1. The number of rotatable bonds is 6. The molecule has 1 aliphatic rings.